The maximum Gasteiger partial charge on any atom is 0.329 e. The normalized spacial score (nSPS) is 21.6. The minimum Gasteiger partial charge on any atom is -0.497 e. The molecule has 1 aromatic rings. The number of imide groups is 1. The van der Waals surface area contributed by atoms with Crippen LogP contribution in [0.5, 0.6) is 11.5 Å². The van der Waals surface area contributed by atoms with Crippen LogP contribution in [0.4, 0.5) is 5.69 Å². The summed E-state index contributed by atoms with van der Waals surface area (Å²) in [7, 11) is 2.95. The van der Waals surface area contributed by atoms with E-state index in [9.17, 15) is 19.2 Å². The Morgan fingerprint density at radius 1 is 1.10 bits per heavy atom. The summed E-state index contributed by atoms with van der Waals surface area (Å²) >= 11 is 0. The minimum atomic E-state index is -1.07. The summed E-state index contributed by atoms with van der Waals surface area (Å²) in [4.78, 5) is 50.8. The van der Waals surface area contributed by atoms with E-state index in [2.05, 4.69) is 5.32 Å². The van der Waals surface area contributed by atoms with Crippen LogP contribution in [0.3, 0.4) is 0 Å². The molecule has 2 aliphatic rings. The molecule has 1 heterocycles. The van der Waals surface area contributed by atoms with E-state index in [4.69, 9.17) is 14.2 Å². The van der Waals surface area contributed by atoms with E-state index < -0.39 is 24.5 Å². The molecule has 9 nitrogen and oxygen atoms in total. The number of rotatable bonds is 7. The number of hydrogen-bond acceptors (Lipinski definition) is 7. The molecule has 9 heteroatoms. The zero-order valence-electron chi connectivity index (χ0n) is 17.3. The first-order chi connectivity index (χ1) is 14.4. The van der Waals surface area contributed by atoms with E-state index in [1.54, 1.807) is 18.2 Å². The van der Waals surface area contributed by atoms with Gasteiger partial charge in [-0.2, -0.15) is 0 Å². The van der Waals surface area contributed by atoms with Crippen LogP contribution < -0.4 is 14.8 Å². The van der Waals surface area contributed by atoms with Gasteiger partial charge in [0.2, 0.25) is 11.8 Å². The van der Waals surface area contributed by atoms with Gasteiger partial charge in [-0.1, -0.05) is 12.8 Å². The predicted molar refractivity (Wildman–Crippen MR) is 106 cm³/mol. The minimum absolute atomic E-state index is 0.320. The molecular formula is C21H26N2O7. The van der Waals surface area contributed by atoms with Crippen molar-refractivity contribution in [3.63, 3.8) is 0 Å². The highest BCUT2D eigenvalue weighted by Gasteiger charge is 2.51. The first-order valence-electron chi connectivity index (χ1n) is 9.92. The second-order valence-corrected chi connectivity index (χ2v) is 7.44. The molecule has 3 rings (SSSR count). The van der Waals surface area contributed by atoms with Gasteiger partial charge in [-0.3, -0.25) is 19.3 Å². The summed E-state index contributed by atoms with van der Waals surface area (Å²) in [5, 5.41) is 2.59. The number of nitrogens with one attached hydrogen (secondary N) is 1. The number of nitrogens with zero attached hydrogens (tertiary/aromatic N) is 1. The number of esters is 1. The summed E-state index contributed by atoms with van der Waals surface area (Å²) < 4.78 is 15.4. The van der Waals surface area contributed by atoms with Gasteiger partial charge in [-0.05, 0) is 31.9 Å². The van der Waals surface area contributed by atoms with Crippen LogP contribution in [0, 0.1) is 11.8 Å². The molecule has 0 radical (unpaired) electrons. The van der Waals surface area contributed by atoms with Crippen molar-refractivity contribution in [1.82, 2.24) is 4.90 Å². The number of benzene rings is 1. The van der Waals surface area contributed by atoms with Crippen LogP contribution in [0.2, 0.25) is 0 Å². The lowest BCUT2D eigenvalue weighted by Crippen LogP contribution is -2.45. The SMILES string of the molecule is COc1ccc(OC)c(NC(=O)COC(=O)[C@H](C)N2C(=O)[C@H]3CCCC[C@H]3C2=O)c1. The van der Waals surface area contributed by atoms with Gasteiger partial charge in [0.25, 0.3) is 5.91 Å². The van der Waals surface area contributed by atoms with E-state index in [0.29, 0.717) is 30.0 Å². The Labute approximate surface area is 174 Å². The summed E-state index contributed by atoms with van der Waals surface area (Å²) in [6.07, 6.45) is 3.14. The van der Waals surface area contributed by atoms with Crippen molar-refractivity contribution in [3.05, 3.63) is 18.2 Å². The first kappa shape index (κ1) is 21.6. The fourth-order valence-corrected chi connectivity index (χ4v) is 4.03. The second-order valence-electron chi connectivity index (χ2n) is 7.44. The lowest BCUT2D eigenvalue weighted by Gasteiger charge is -2.21. The number of anilines is 1. The van der Waals surface area contributed by atoms with Crippen LogP contribution in [0.25, 0.3) is 0 Å². The zero-order chi connectivity index (χ0) is 21.8. The highest BCUT2D eigenvalue weighted by atomic mass is 16.5. The zero-order valence-corrected chi connectivity index (χ0v) is 17.3. The van der Waals surface area contributed by atoms with Gasteiger partial charge in [0.05, 0.1) is 31.7 Å². The second kappa shape index (κ2) is 9.15. The Morgan fingerprint density at radius 2 is 1.73 bits per heavy atom. The average Bonchev–Trinajstić information content (AvgIpc) is 3.01. The quantitative estimate of drug-likeness (QED) is 0.530. The Morgan fingerprint density at radius 3 is 2.30 bits per heavy atom. The van der Waals surface area contributed by atoms with E-state index in [0.717, 1.165) is 17.7 Å². The topological polar surface area (TPSA) is 111 Å². The van der Waals surface area contributed by atoms with Crippen molar-refractivity contribution < 1.29 is 33.4 Å². The van der Waals surface area contributed by atoms with Gasteiger partial charge < -0.3 is 19.5 Å². The average molecular weight is 418 g/mol. The number of methoxy groups -OCH3 is 2. The molecular weight excluding hydrogens is 392 g/mol. The molecule has 1 saturated heterocycles. The van der Waals surface area contributed by atoms with Crippen LogP contribution >= 0.6 is 0 Å². The van der Waals surface area contributed by atoms with Gasteiger partial charge in [0.15, 0.2) is 6.61 Å². The summed E-state index contributed by atoms with van der Waals surface area (Å²) in [5.41, 5.74) is 0.361. The molecule has 2 fully saturated rings. The van der Waals surface area contributed by atoms with Crippen LogP contribution in [0.1, 0.15) is 32.6 Å². The van der Waals surface area contributed by atoms with Gasteiger partial charge in [-0.25, -0.2) is 4.79 Å². The number of amides is 3. The molecule has 1 aromatic carbocycles. The van der Waals surface area contributed by atoms with Gasteiger partial charge in [-0.15, -0.1) is 0 Å². The molecule has 3 amide bonds. The Balaban J connectivity index is 1.58. The van der Waals surface area contributed by atoms with Gasteiger partial charge in [0.1, 0.15) is 17.5 Å². The molecule has 1 N–H and O–H groups in total. The van der Waals surface area contributed by atoms with Crippen molar-refractivity contribution in [1.29, 1.82) is 0 Å². The van der Waals surface area contributed by atoms with Crippen molar-refractivity contribution in [2.45, 2.75) is 38.6 Å². The van der Waals surface area contributed by atoms with E-state index in [1.165, 1.54) is 21.1 Å². The largest absolute Gasteiger partial charge is 0.497 e. The fraction of sp³-hybridized carbons (Fsp3) is 0.524. The molecule has 162 valence electrons. The van der Waals surface area contributed by atoms with Crippen LogP contribution in [-0.2, 0) is 23.9 Å². The predicted octanol–water partition coefficient (Wildman–Crippen LogP) is 1.75. The molecule has 0 aromatic heterocycles. The van der Waals surface area contributed by atoms with Crippen LogP contribution in [-0.4, -0.2) is 55.5 Å². The van der Waals surface area contributed by atoms with Gasteiger partial charge in [0, 0.05) is 6.07 Å². The molecule has 0 spiro atoms. The third-order valence-electron chi connectivity index (χ3n) is 5.63. The molecule has 0 unspecified atom stereocenters. The number of likely N-dealkylation sites (tertiary alicyclic amines) is 1. The Bertz CT molecular complexity index is 830. The smallest absolute Gasteiger partial charge is 0.329 e. The molecule has 30 heavy (non-hydrogen) atoms. The number of ether oxygens (including phenoxy) is 3. The van der Waals surface area contributed by atoms with Gasteiger partial charge >= 0.3 is 5.97 Å². The summed E-state index contributed by atoms with van der Waals surface area (Å²) in [6, 6.07) is 3.81. The van der Waals surface area contributed by atoms with Crippen molar-refractivity contribution in [3.8, 4) is 11.5 Å². The molecule has 1 saturated carbocycles. The summed E-state index contributed by atoms with van der Waals surface area (Å²) in [6.45, 7) is 0.880. The molecule has 3 atom stereocenters. The Hall–Kier alpha value is -3.10. The van der Waals surface area contributed by atoms with Crippen LogP contribution in [0.15, 0.2) is 18.2 Å². The Kier molecular flexibility index (Phi) is 6.59. The maximum absolute atomic E-state index is 12.6. The first-order valence-corrected chi connectivity index (χ1v) is 9.92. The number of carbonyl (C=O) groups excluding carboxylic acids is 4. The maximum atomic E-state index is 12.6. The lowest BCUT2D eigenvalue weighted by atomic mass is 9.81. The van der Waals surface area contributed by atoms with E-state index in [1.807, 2.05) is 0 Å². The lowest BCUT2D eigenvalue weighted by molar-refractivity contribution is -0.159. The van der Waals surface area contributed by atoms with Crippen molar-refractivity contribution >= 4 is 29.4 Å². The third kappa shape index (κ3) is 4.24. The third-order valence-corrected chi connectivity index (χ3v) is 5.63. The van der Waals surface area contributed by atoms with E-state index >= 15 is 0 Å². The van der Waals surface area contributed by atoms with Crippen molar-refractivity contribution in [2.75, 3.05) is 26.1 Å². The number of hydrogen-bond donors (Lipinski definition) is 1. The highest BCUT2D eigenvalue weighted by molar-refractivity contribution is 6.08. The highest BCUT2D eigenvalue weighted by Crippen LogP contribution is 2.39. The van der Waals surface area contributed by atoms with Crippen molar-refractivity contribution in [2.24, 2.45) is 11.8 Å². The number of carbonyl (C=O) groups is 4. The van der Waals surface area contributed by atoms with E-state index in [-0.39, 0.29) is 23.7 Å². The number of fused-ring (bicyclic) bond motifs is 1. The molecule has 1 aliphatic heterocycles. The standard InChI is InChI=1S/C21H26N2O7/c1-12(23-19(25)14-6-4-5-7-15(14)20(23)26)21(27)30-11-18(24)22-16-10-13(28-2)8-9-17(16)29-3/h8-10,12,14-15H,4-7,11H2,1-3H3,(H,22,24)/t12-,14-,15+/m0/s1. The molecule has 1 aliphatic carbocycles. The molecule has 0 bridgehead atoms. The monoisotopic (exact) mass is 418 g/mol. The fourth-order valence-electron chi connectivity index (χ4n) is 4.03. The summed E-state index contributed by atoms with van der Waals surface area (Å²) in [5.74, 6) is -1.78.